The number of amides is 2. The third kappa shape index (κ3) is 3.11. The number of urea groups is 1. The Hall–Kier alpha value is -2.89. The molecule has 0 spiro atoms. The molecule has 5 nitrogen and oxygen atoms in total. The molecule has 0 saturated carbocycles. The second kappa shape index (κ2) is 5.83. The molecule has 0 unspecified atom stereocenters. The highest BCUT2D eigenvalue weighted by atomic mass is 19.1. The summed E-state index contributed by atoms with van der Waals surface area (Å²) in [6.07, 6.45) is 0. The maximum Gasteiger partial charge on any atom is 0.337 e. The molecule has 2 aromatic rings. The van der Waals surface area contributed by atoms with Crippen LogP contribution in [0.15, 0.2) is 48.5 Å². The zero-order valence-electron chi connectivity index (χ0n) is 10.3. The van der Waals surface area contributed by atoms with Crippen molar-refractivity contribution >= 4 is 23.4 Å². The van der Waals surface area contributed by atoms with Gasteiger partial charge in [0.2, 0.25) is 0 Å². The van der Waals surface area contributed by atoms with E-state index >= 15 is 0 Å². The summed E-state index contributed by atoms with van der Waals surface area (Å²) < 4.78 is 13.6. The van der Waals surface area contributed by atoms with Gasteiger partial charge in [0.25, 0.3) is 0 Å². The van der Waals surface area contributed by atoms with Crippen molar-refractivity contribution in [2.24, 2.45) is 0 Å². The lowest BCUT2D eigenvalue weighted by Crippen LogP contribution is -2.21. The fraction of sp³-hybridized carbons (Fsp3) is 0. The van der Waals surface area contributed by atoms with Gasteiger partial charge in [0.15, 0.2) is 0 Å². The van der Waals surface area contributed by atoms with Gasteiger partial charge in [-0.25, -0.2) is 14.0 Å². The molecule has 0 aliphatic carbocycles. The number of halogens is 1. The molecule has 0 atom stereocenters. The molecule has 0 saturated heterocycles. The van der Waals surface area contributed by atoms with Crippen LogP contribution in [0.1, 0.15) is 10.4 Å². The summed E-state index contributed by atoms with van der Waals surface area (Å²) in [5.74, 6) is -2.13. The van der Waals surface area contributed by atoms with Gasteiger partial charge in [-0.15, -0.1) is 0 Å². The molecular weight excluding hydrogens is 263 g/mol. The third-order valence-corrected chi connectivity index (χ3v) is 2.51. The number of nitrogens with one attached hydrogen (secondary N) is 2. The largest absolute Gasteiger partial charge is 0.478 e. The normalized spacial score (nSPS) is 9.85. The molecule has 2 aromatic carbocycles. The van der Waals surface area contributed by atoms with Crippen molar-refractivity contribution in [1.29, 1.82) is 0 Å². The second-order valence-corrected chi connectivity index (χ2v) is 3.91. The first-order valence-corrected chi connectivity index (χ1v) is 5.73. The summed E-state index contributed by atoms with van der Waals surface area (Å²) >= 11 is 0. The minimum Gasteiger partial charge on any atom is -0.478 e. The number of hydrogen-bond acceptors (Lipinski definition) is 2. The molecule has 6 heteroatoms. The summed E-state index contributed by atoms with van der Waals surface area (Å²) in [7, 11) is 0. The van der Waals surface area contributed by atoms with E-state index in [1.54, 1.807) is 30.3 Å². The number of carboxylic acid groups (broad SMARTS) is 1. The van der Waals surface area contributed by atoms with E-state index in [4.69, 9.17) is 5.11 Å². The molecule has 102 valence electrons. The average Bonchev–Trinajstić information content (AvgIpc) is 2.42. The van der Waals surface area contributed by atoms with Crippen LogP contribution in [0.2, 0.25) is 0 Å². The van der Waals surface area contributed by atoms with E-state index in [1.807, 2.05) is 0 Å². The van der Waals surface area contributed by atoms with Crippen LogP contribution < -0.4 is 10.6 Å². The van der Waals surface area contributed by atoms with Gasteiger partial charge in [0.1, 0.15) is 5.82 Å². The lowest BCUT2D eigenvalue weighted by atomic mass is 10.1. The molecule has 2 rings (SSSR count). The fourth-order valence-corrected chi connectivity index (χ4v) is 1.63. The maximum atomic E-state index is 13.6. The van der Waals surface area contributed by atoms with E-state index in [2.05, 4.69) is 10.6 Å². The van der Waals surface area contributed by atoms with Gasteiger partial charge in [-0.2, -0.15) is 0 Å². The van der Waals surface area contributed by atoms with Crippen LogP contribution in [-0.2, 0) is 0 Å². The smallest absolute Gasteiger partial charge is 0.337 e. The number of carboxylic acids is 1. The summed E-state index contributed by atoms with van der Waals surface area (Å²) in [6.45, 7) is 0. The van der Waals surface area contributed by atoms with Crippen LogP contribution in [0.5, 0.6) is 0 Å². The van der Waals surface area contributed by atoms with E-state index in [1.165, 1.54) is 12.1 Å². The number of para-hydroxylation sites is 2. The number of carbonyl (C=O) groups excluding carboxylic acids is 1. The number of hydrogen-bond donors (Lipinski definition) is 3. The van der Waals surface area contributed by atoms with Gasteiger partial charge < -0.3 is 15.7 Å². The van der Waals surface area contributed by atoms with Crippen molar-refractivity contribution in [2.45, 2.75) is 0 Å². The molecule has 0 aliphatic rings. The molecule has 0 aromatic heterocycles. The Bertz CT molecular complexity index is 644. The molecule has 0 bridgehead atoms. The molecule has 0 radical (unpaired) electrons. The zero-order chi connectivity index (χ0) is 14.5. The van der Waals surface area contributed by atoms with Gasteiger partial charge in [0.05, 0.1) is 11.3 Å². The first-order valence-electron chi connectivity index (χ1n) is 5.73. The molecule has 0 aliphatic heterocycles. The van der Waals surface area contributed by atoms with Crippen LogP contribution in [0.4, 0.5) is 20.6 Å². The van der Waals surface area contributed by atoms with Crippen LogP contribution in [0, 0.1) is 5.82 Å². The van der Waals surface area contributed by atoms with E-state index in [0.29, 0.717) is 5.69 Å². The standard InChI is InChI=1S/C14H11FN2O3/c15-11-8-4-7-10(13(18)19)12(11)17-14(20)16-9-5-2-1-3-6-9/h1-8H,(H,18,19)(H2,16,17,20). The van der Waals surface area contributed by atoms with Crippen molar-refractivity contribution in [3.8, 4) is 0 Å². The number of carbonyl (C=O) groups is 2. The minimum absolute atomic E-state index is 0.312. The predicted octanol–water partition coefficient (Wildman–Crippen LogP) is 3.17. The van der Waals surface area contributed by atoms with Gasteiger partial charge in [-0.3, -0.25) is 0 Å². The first kappa shape index (κ1) is 13.5. The van der Waals surface area contributed by atoms with Gasteiger partial charge in [-0.05, 0) is 24.3 Å². The molecular formula is C14H11FN2O3. The number of anilines is 2. The average molecular weight is 274 g/mol. The van der Waals surface area contributed by atoms with Crippen LogP contribution in [0.3, 0.4) is 0 Å². The number of benzene rings is 2. The molecule has 2 amide bonds. The fourth-order valence-electron chi connectivity index (χ4n) is 1.63. The Kier molecular flexibility index (Phi) is 3.95. The lowest BCUT2D eigenvalue weighted by Gasteiger charge is -2.10. The van der Waals surface area contributed by atoms with Crippen LogP contribution in [0.25, 0.3) is 0 Å². The molecule has 0 heterocycles. The quantitative estimate of drug-likeness (QED) is 0.804. The summed E-state index contributed by atoms with van der Waals surface area (Å²) in [4.78, 5) is 22.7. The van der Waals surface area contributed by atoms with Crippen molar-refractivity contribution in [3.63, 3.8) is 0 Å². The minimum atomic E-state index is -1.32. The predicted molar refractivity (Wildman–Crippen MR) is 72.4 cm³/mol. The molecule has 3 N–H and O–H groups in total. The Labute approximate surface area is 114 Å². The Morgan fingerprint density at radius 1 is 0.950 bits per heavy atom. The van der Waals surface area contributed by atoms with Crippen LogP contribution in [-0.4, -0.2) is 17.1 Å². The first-order chi connectivity index (χ1) is 9.58. The van der Waals surface area contributed by atoms with Crippen LogP contribution >= 0.6 is 0 Å². The second-order valence-electron chi connectivity index (χ2n) is 3.91. The van der Waals surface area contributed by atoms with Gasteiger partial charge in [0, 0.05) is 5.69 Å². The number of aromatic carboxylic acids is 1. The van der Waals surface area contributed by atoms with Crippen molar-refractivity contribution in [1.82, 2.24) is 0 Å². The monoisotopic (exact) mass is 274 g/mol. The summed E-state index contributed by atoms with van der Waals surface area (Å²) in [6, 6.07) is 11.4. The number of rotatable bonds is 3. The topological polar surface area (TPSA) is 78.4 Å². The van der Waals surface area contributed by atoms with Crippen molar-refractivity contribution < 1.29 is 19.1 Å². The summed E-state index contributed by atoms with van der Waals surface area (Å²) in [5, 5.41) is 13.6. The van der Waals surface area contributed by atoms with E-state index in [-0.39, 0.29) is 11.3 Å². The van der Waals surface area contributed by atoms with Crippen molar-refractivity contribution in [3.05, 3.63) is 59.9 Å². The SMILES string of the molecule is O=C(Nc1ccccc1)Nc1c(F)cccc1C(=O)O. The Morgan fingerprint density at radius 3 is 2.30 bits per heavy atom. The Balaban J connectivity index is 2.18. The highest BCUT2D eigenvalue weighted by Gasteiger charge is 2.16. The highest BCUT2D eigenvalue weighted by molar-refractivity contribution is 6.04. The highest BCUT2D eigenvalue weighted by Crippen LogP contribution is 2.20. The molecule has 0 fully saturated rings. The third-order valence-electron chi connectivity index (χ3n) is 2.51. The summed E-state index contributed by atoms with van der Waals surface area (Å²) in [5.41, 5.74) is -0.167. The van der Waals surface area contributed by atoms with Gasteiger partial charge in [-0.1, -0.05) is 24.3 Å². The van der Waals surface area contributed by atoms with E-state index < -0.39 is 17.8 Å². The zero-order valence-corrected chi connectivity index (χ0v) is 10.3. The van der Waals surface area contributed by atoms with Gasteiger partial charge >= 0.3 is 12.0 Å². The van der Waals surface area contributed by atoms with E-state index in [0.717, 1.165) is 6.07 Å². The Morgan fingerprint density at radius 2 is 1.65 bits per heavy atom. The maximum absolute atomic E-state index is 13.6. The molecule has 20 heavy (non-hydrogen) atoms. The van der Waals surface area contributed by atoms with E-state index in [9.17, 15) is 14.0 Å². The lowest BCUT2D eigenvalue weighted by molar-refractivity contribution is 0.0697. The van der Waals surface area contributed by atoms with Crippen molar-refractivity contribution in [2.75, 3.05) is 10.6 Å².